The maximum atomic E-state index is 13.6. The van der Waals surface area contributed by atoms with Crippen LogP contribution in [0.2, 0.25) is 0 Å². The molecule has 148 valence electrons. The smallest absolute Gasteiger partial charge is 0.254 e. The quantitative estimate of drug-likeness (QED) is 0.859. The number of carbonyl (C=O) groups is 1. The van der Waals surface area contributed by atoms with E-state index in [2.05, 4.69) is 28.4 Å². The average molecular weight is 401 g/mol. The van der Waals surface area contributed by atoms with Gasteiger partial charge in [0.25, 0.3) is 5.91 Å². The Hall–Kier alpha value is -2.08. The van der Waals surface area contributed by atoms with Crippen molar-refractivity contribution < 1.29 is 14.3 Å². The fourth-order valence-electron chi connectivity index (χ4n) is 4.92. The van der Waals surface area contributed by atoms with Gasteiger partial charge in [0.15, 0.2) is 0 Å². The number of amides is 1. The molecule has 2 saturated heterocycles. The van der Waals surface area contributed by atoms with Crippen LogP contribution in [0.25, 0.3) is 0 Å². The fourth-order valence-corrected chi connectivity index (χ4v) is 4.92. The first-order chi connectivity index (χ1) is 13.3. The first-order valence-electron chi connectivity index (χ1n) is 9.60. The molecule has 0 saturated carbocycles. The molecule has 5 nitrogen and oxygen atoms in total. The SMILES string of the molecule is COc1ccc([C@H]2[C@H]3CNC[C@H]3CN2C(=O)c2cccc3c2COC3)cc1.Cl. The standard InChI is InChI=1S/C22H24N2O3.ClH/c1-26-17-7-5-14(6-8-17)21-19-10-23-9-16(19)11-24(21)22(25)18-4-2-3-15-12-27-13-20(15)18;/h2-8,16,19,21,23H,9-13H2,1H3;1H/t16-,19-,21-;/m0./s1. The van der Waals surface area contributed by atoms with Crippen LogP contribution in [0.1, 0.15) is 33.1 Å². The number of fused-ring (bicyclic) bond motifs is 2. The van der Waals surface area contributed by atoms with Gasteiger partial charge in [-0.3, -0.25) is 4.79 Å². The van der Waals surface area contributed by atoms with Crippen molar-refractivity contribution in [1.82, 2.24) is 10.2 Å². The van der Waals surface area contributed by atoms with E-state index in [4.69, 9.17) is 9.47 Å². The lowest BCUT2D eigenvalue weighted by Gasteiger charge is -2.29. The Morgan fingerprint density at radius 2 is 1.96 bits per heavy atom. The minimum absolute atomic E-state index is 0. The highest BCUT2D eigenvalue weighted by atomic mass is 35.5. The van der Waals surface area contributed by atoms with Gasteiger partial charge in [0.2, 0.25) is 0 Å². The van der Waals surface area contributed by atoms with Crippen molar-refractivity contribution in [1.29, 1.82) is 0 Å². The van der Waals surface area contributed by atoms with E-state index in [9.17, 15) is 4.79 Å². The van der Waals surface area contributed by atoms with Gasteiger partial charge < -0.3 is 19.7 Å². The Kier molecular flexibility index (Phi) is 5.32. The third-order valence-corrected chi connectivity index (χ3v) is 6.29. The molecule has 2 aromatic carbocycles. The van der Waals surface area contributed by atoms with Gasteiger partial charge in [0, 0.05) is 31.1 Å². The summed E-state index contributed by atoms with van der Waals surface area (Å²) >= 11 is 0. The molecule has 1 amide bonds. The van der Waals surface area contributed by atoms with Crippen LogP contribution < -0.4 is 10.1 Å². The maximum absolute atomic E-state index is 13.6. The third kappa shape index (κ3) is 3.08. The number of likely N-dealkylation sites (tertiary alicyclic amines) is 1. The van der Waals surface area contributed by atoms with E-state index in [1.54, 1.807) is 7.11 Å². The molecule has 28 heavy (non-hydrogen) atoms. The molecule has 3 aliphatic rings. The Balaban J connectivity index is 0.00000192. The lowest BCUT2D eigenvalue weighted by atomic mass is 9.89. The van der Waals surface area contributed by atoms with Gasteiger partial charge in [0.05, 0.1) is 26.4 Å². The molecule has 5 rings (SSSR count). The number of hydrogen-bond acceptors (Lipinski definition) is 4. The van der Waals surface area contributed by atoms with Crippen molar-refractivity contribution in [2.45, 2.75) is 19.3 Å². The highest BCUT2D eigenvalue weighted by Crippen LogP contribution is 2.44. The number of methoxy groups -OCH3 is 1. The molecule has 2 fully saturated rings. The zero-order chi connectivity index (χ0) is 18.4. The number of nitrogens with one attached hydrogen (secondary N) is 1. The van der Waals surface area contributed by atoms with Crippen LogP contribution in [0.3, 0.4) is 0 Å². The molecule has 2 aromatic rings. The number of halogens is 1. The largest absolute Gasteiger partial charge is 0.497 e. The molecule has 3 heterocycles. The van der Waals surface area contributed by atoms with Crippen LogP contribution in [-0.2, 0) is 18.0 Å². The summed E-state index contributed by atoms with van der Waals surface area (Å²) in [6, 6.07) is 14.3. The summed E-state index contributed by atoms with van der Waals surface area (Å²) in [4.78, 5) is 15.7. The maximum Gasteiger partial charge on any atom is 0.254 e. The second kappa shape index (κ2) is 7.74. The van der Waals surface area contributed by atoms with E-state index in [1.165, 1.54) is 5.56 Å². The van der Waals surface area contributed by atoms with E-state index in [0.29, 0.717) is 25.0 Å². The summed E-state index contributed by atoms with van der Waals surface area (Å²) in [5.41, 5.74) is 4.19. The summed E-state index contributed by atoms with van der Waals surface area (Å²) < 4.78 is 10.9. The molecule has 3 atom stereocenters. The van der Waals surface area contributed by atoms with E-state index >= 15 is 0 Å². The third-order valence-electron chi connectivity index (χ3n) is 6.29. The predicted octanol–water partition coefficient (Wildman–Crippen LogP) is 3.18. The highest BCUT2D eigenvalue weighted by Gasteiger charge is 2.47. The molecule has 0 radical (unpaired) electrons. The average Bonchev–Trinajstić information content (AvgIpc) is 3.42. The Labute approximate surface area is 171 Å². The molecule has 0 spiro atoms. The summed E-state index contributed by atoms with van der Waals surface area (Å²) in [6.07, 6.45) is 0. The Morgan fingerprint density at radius 3 is 2.75 bits per heavy atom. The van der Waals surface area contributed by atoms with Crippen LogP contribution in [0.4, 0.5) is 0 Å². The number of ether oxygens (including phenoxy) is 2. The van der Waals surface area contributed by atoms with Crippen LogP contribution in [-0.4, -0.2) is 37.6 Å². The van der Waals surface area contributed by atoms with Gasteiger partial charge in [-0.05, 0) is 40.8 Å². The molecule has 1 N–H and O–H groups in total. The number of hydrogen-bond donors (Lipinski definition) is 1. The van der Waals surface area contributed by atoms with Gasteiger partial charge in [-0.1, -0.05) is 24.3 Å². The minimum atomic E-state index is 0. The number of carbonyl (C=O) groups excluding carboxylic acids is 1. The van der Waals surface area contributed by atoms with E-state index < -0.39 is 0 Å². The van der Waals surface area contributed by atoms with E-state index in [-0.39, 0.29) is 24.4 Å². The van der Waals surface area contributed by atoms with Gasteiger partial charge in [-0.2, -0.15) is 0 Å². The van der Waals surface area contributed by atoms with Crippen molar-refractivity contribution in [2.24, 2.45) is 11.8 Å². The summed E-state index contributed by atoms with van der Waals surface area (Å²) in [5, 5.41) is 3.50. The highest BCUT2D eigenvalue weighted by molar-refractivity contribution is 5.96. The van der Waals surface area contributed by atoms with Crippen LogP contribution in [0.15, 0.2) is 42.5 Å². The van der Waals surface area contributed by atoms with Gasteiger partial charge in [-0.25, -0.2) is 0 Å². The van der Waals surface area contributed by atoms with Gasteiger partial charge >= 0.3 is 0 Å². The lowest BCUT2D eigenvalue weighted by molar-refractivity contribution is 0.0709. The Morgan fingerprint density at radius 1 is 1.14 bits per heavy atom. The first kappa shape index (κ1) is 19.2. The number of rotatable bonds is 3. The molecule has 6 heteroatoms. The molecular weight excluding hydrogens is 376 g/mol. The predicted molar refractivity (Wildman–Crippen MR) is 109 cm³/mol. The summed E-state index contributed by atoms with van der Waals surface area (Å²) in [5.74, 6) is 1.94. The van der Waals surface area contributed by atoms with Crippen LogP contribution in [0.5, 0.6) is 5.75 Å². The summed E-state index contributed by atoms with van der Waals surface area (Å²) in [7, 11) is 1.68. The number of nitrogens with zero attached hydrogens (tertiary/aromatic N) is 1. The lowest BCUT2D eigenvalue weighted by Crippen LogP contribution is -2.35. The van der Waals surface area contributed by atoms with Gasteiger partial charge in [0.1, 0.15) is 5.75 Å². The fraction of sp³-hybridized carbons (Fsp3) is 0.409. The Bertz CT molecular complexity index is 871. The number of benzene rings is 2. The minimum Gasteiger partial charge on any atom is -0.497 e. The van der Waals surface area contributed by atoms with Crippen LogP contribution in [0, 0.1) is 11.8 Å². The zero-order valence-electron chi connectivity index (χ0n) is 15.9. The van der Waals surface area contributed by atoms with Crippen LogP contribution >= 0.6 is 12.4 Å². The normalized spacial score (nSPS) is 25.2. The topological polar surface area (TPSA) is 50.8 Å². The second-order valence-electron chi connectivity index (χ2n) is 7.69. The van der Waals surface area contributed by atoms with Crippen molar-refractivity contribution in [3.05, 3.63) is 64.7 Å². The van der Waals surface area contributed by atoms with Crippen molar-refractivity contribution in [3.63, 3.8) is 0 Å². The monoisotopic (exact) mass is 400 g/mol. The summed E-state index contributed by atoms with van der Waals surface area (Å²) in [6.45, 7) is 3.89. The molecule has 0 aromatic heterocycles. The molecule has 0 unspecified atom stereocenters. The van der Waals surface area contributed by atoms with Gasteiger partial charge in [-0.15, -0.1) is 12.4 Å². The van der Waals surface area contributed by atoms with Crippen molar-refractivity contribution in [3.8, 4) is 5.75 Å². The first-order valence-corrected chi connectivity index (χ1v) is 9.60. The van der Waals surface area contributed by atoms with Crippen molar-refractivity contribution in [2.75, 3.05) is 26.7 Å². The molecule has 3 aliphatic heterocycles. The molecular formula is C22H25ClN2O3. The van der Waals surface area contributed by atoms with Crippen molar-refractivity contribution >= 4 is 18.3 Å². The van der Waals surface area contributed by atoms with E-state index in [0.717, 1.165) is 42.1 Å². The van der Waals surface area contributed by atoms with E-state index in [1.807, 2.05) is 24.3 Å². The second-order valence-corrected chi connectivity index (χ2v) is 7.69. The zero-order valence-corrected chi connectivity index (χ0v) is 16.7. The molecule has 0 bridgehead atoms. The molecule has 0 aliphatic carbocycles.